The van der Waals surface area contributed by atoms with Crippen molar-refractivity contribution in [2.45, 2.75) is 6.61 Å². The molecule has 0 radical (unpaired) electrons. The van der Waals surface area contributed by atoms with Crippen LogP contribution in [-0.4, -0.2) is 47.7 Å². The molecule has 4 rings (SSSR count). The highest BCUT2D eigenvalue weighted by Crippen LogP contribution is 2.31. The van der Waals surface area contributed by atoms with Gasteiger partial charge in [-0.15, -0.1) is 10.2 Å². The maximum absolute atomic E-state index is 12.9. The van der Waals surface area contributed by atoms with Gasteiger partial charge in [-0.1, -0.05) is 34.1 Å². The lowest BCUT2D eigenvalue weighted by Crippen LogP contribution is -2.38. The number of hydrogen-bond acceptors (Lipinski definition) is 6. The van der Waals surface area contributed by atoms with Crippen molar-refractivity contribution < 1.29 is 18.3 Å². The molecule has 0 bridgehead atoms. The van der Waals surface area contributed by atoms with Crippen LogP contribution in [0, 0.1) is 11.3 Å². The van der Waals surface area contributed by atoms with Gasteiger partial charge in [0, 0.05) is 23.1 Å². The Morgan fingerprint density at radius 1 is 1.16 bits per heavy atom. The molecule has 7 nitrogen and oxygen atoms in total. The zero-order chi connectivity index (χ0) is 22.5. The van der Waals surface area contributed by atoms with E-state index in [0.717, 1.165) is 5.69 Å². The van der Waals surface area contributed by atoms with Crippen molar-refractivity contribution in [3.05, 3.63) is 64.4 Å². The van der Waals surface area contributed by atoms with E-state index < -0.39 is 6.61 Å². The van der Waals surface area contributed by atoms with E-state index in [0.29, 0.717) is 48.1 Å². The lowest BCUT2D eigenvalue weighted by Gasteiger charge is -2.28. The molecule has 0 aliphatic carbocycles. The number of nitriles is 1. The molecule has 0 amide bonds. The second kappa shape index (κ2) is 9.89. The quantitative estimate of drug-likeness (QED) is 0.461. The molecule has 1 aromatic heterocycles. The maximum atomic E-state index is 12.9. The van der Waals surface area contributed by atoms with Gasteiger partial charge in [-0.05, 0) is 36.4 Å². The number of benzene rings is 2. The fourth-order valence-corrected chi connectivity index (χ4v) is 3.75. The first-order valence-electron chi connectivity index (χ1n) is 9.77. The minimum Gasteiger partial charge on any atom is -0.434 e. The molecule has 0 N–H and O–H groups in total. The lowest BCUT2D eigenvalue weighted by molar-refractivity contribution is -0.0499. The monoisotopic (exact) mass is 501 g/mol. The number of morpholine rings is 1. The Balaban J connectivity index is 1.84. The van der Waals surface area contributed by atoms with Gasteiger partial charge in [-0.3, -0.25) is 4.57 Å². The van der Waals surface area contributed by atoms with Crippen molar-refractivity contribution in [2.75, 3.05) is 31.2 Å². The van der Waals surface area contributed by atoms with Crippen molar-refractivity contribution in [3.8, 4) is 17.5 Å². The lowest BCUT2D eigenvalue weighted by atomic mass is 10.1. The number of aromatic nitrogens is 3. The second-order valence-electron chi connectivity index (χ2n) is 6.82. The topological polar surface area (TPSA) is 76.2 Å². The third-order valence-corrected chi connectivity index (χ3v) is 5.30. The van der Waals surface area contributed by atoms with Crippen molar-refractivity contribution in [1.29, 1.82) is 5.26 Å². The van der Waals surface area contributed by atoms with Gasteiger partial charge < -0.3 is 14.4 Å². The van der Waals surface area contributed by atoms with Gasteiger partial charge >= 0.3 is 6.61 Å². The number of halogens is 3. The molecule has 0 atom stereocenters. The normalized spacial score (nSPS) is 14.5. The van der Waals surface area contributed by atoms with Gasteiger partial charge in [0.25, 0.3) is 0 Å². The third kappa shape index (κ3) is 4.79. The van der Waals surface area contributed by atoms with E-state index in [9.17, 15) is 14.0 Å². The van der Waals surface area contributed by atoms with E-state index in [1.54, 1.807) is 16.7 Å². The largest absolute Gasteiger partial charge is 0.434 e. The summed E-state index contributed by atoms with van der Waals surface area (Å²) in [6.45, 7) is -0.604. The second-order valence-corrected chi connectivity index (χ2v) is 7.74. The van der Waals surface area contributed by atoms with E-state index in [-0.39, 0.29) is 11.3 Å². The number of anilines is 1. The molecule has 1 fully saturated rings. The fraction of sp³-hybridized carbons (Fsp3) is 0.227. The molecule has 2 heterocycles. The number of rotatable bonds is 6. The van der Waals surface area contributed by atoms with Crippen LogP contribution in [0.5, 0.6) is 5.75 Å². The molecule has 0 unspecified atom stereocenters. The minimum atomic E-state index is -2.99. The Morgan fingerprint density at radius 3 is 2.59 bits per heavy atom. The molecule has 0 spiro atoms. The van der Waals surface area contributed by atoms with E-state index >= 15 is 0 Å². The Labute approximate surface area is 191 Å². The molecule has 32 heavy (non-hydrogen) atoms. The molecule has 0 saturated carbocycles. The molecular weight excluding hydrogens is 484 g/mol. The molecule has 10 heteroatoms. The Kier molecular flexibility index (Phi) is 6.78. The number of nitrogens with zero attached hydrogens (tertiary/aromatic N) is 5. The van der Waals surface area contributed by atoms with Gasteiger partial charge in [0.05, 0.1) is 24.5 Å². The Morgan fingerprint density at radius 2 is 1.91 bits per heavy atom. The smallest absolute Gasteiger partial charge is 0.387 e. The van der Waals surface area contributed by atoms with Crippen molar-refractivity contribution in [1.82, 2.24) is 14.8 Å². The summed E-state index contributed by atoms with van der Waals surface area (Å²) in [5.74, 6) is 0.826. The average molecular weight is 502 g/mol. The third-order valence-electron chi connectivity index (χ3n) is 4.80. The standard InChI is InChI=1S/C22H18BrF2N5O2/c23-17-6-7-19(32-21(24)25)15(13-17)12-16(14-26)20-27-28-22(29-8-10-31-11-9-29)30(20)18-4-2-1-3-5-18/h1-7,12-13,21H,8-11H2/b16-12+. The summed E-state index contributed by atoms with van der Waals surface area (Å²) in [6.07, 6.45) is 1.47. The highest BCUT2D eigenvalue weighted by atomic mass is 79.9. The van der Waals surface area contributed by atoms with Crippen LogP contribution in [0.3, 0.4) is 0 Å². The number of hydrogen-bond donors (Lipinski definition) is 0. The zero-order valence-electron chi connectivity index (χ0n) is 16.8. The first-order valence-corrected chi connectivity index (χ1v) is 10.6. The predicted octanol–water partition coefficient (Wildman–Crippen LogP) is 4.53. The van der Waals surface area contributed by atoms with Crippen LogP contribution in [0.15, 0.2) is 53.0 Å². The molecule has 3 aromatic rings. The maximum Gasteiger partial charge on any atom is 0.387 e. The van der Waals surface area contributed by atoms with Crippen LogP contribution in [0.4, 0.5) is 14.7 Å². The summed E-state index contributed by atoms with van der Waals surface area (Å²) in [5.41, 5.74) is 1.23. The van der Waals surface area contributed by atoms with E-state index in [1.807, 2.05) is 35.2 Å². The number of para-hydroxylation sites is 1. The average Bonchev–Trinajstić information content (AvgIpc) is 3.25. The highest BCUT2D eigenvalue weighted by Gasteiger charge is 2.23. The first kappa shape index (κ1) is 21.9. The van der Waals surface area contributed by atoms with Crippen molar-refractivity contribution in [2.24, 2.45) is 0 Å². The van der Waals surface area contributed by atoms with Crippen LogP contribution in [0.25, 0.3) is 17.3 Å². The summed E-state index contributed by atoms with van der Waals surface area (Å²) >= 11 is 3.33. The first-order chi connectivity index (χ1) is 15.6. The van der Waals surface area contributed by atoms with Crippen molar-refractivity contribution in [3.63, 3.8) is 0 Å². The van der Waals surface area contributed by atoms with Crippen molar-refractivity contribution >= 4 is 33.5 Å². The number of ether oxygens (including phenoxy) is 2. The molecule has 1 saturated heterocycles. The predicted molar refractivity (Wildman–Crippen MR) is 119 cm³/mol. The van der Waals surface area contributed by atoms with Gasteiger partial charge in [-0.25, -0.2) is 0 Å². The van der Waals surface area contributed by atoms with Crippen LogP contribution < -0.4 is 9.64 Å². The minimum absolute atomic E-state index is 0.0462. The van der Waals surface area contributed by atoms with E-state index in [1.165, 1.54) is 12.1 Å². The van der Waals surface area contributed by atoms with E-state index in [4.69, 9.17) is 4.74 Å². The van der Waals surface area contributed by atoms with Gasteiger partial charge in [-0.2, -0.15) is 14.0 Å². The molecule has 2 aromatic carbocycles. The Bertz CT molecular complexity index is 1150. The highest BCUT2D eigenvalue weighted by molar-refractivity contribution is 9.10. The van der Waals surface area contributed by atoms with E-state index in [2.05, 4.69) is 36.9 Å². The van der Waals surface area contributed by atoms with Gasteiger partial charge in [0.15, 0.2) is 5.82 Å². The summed E-state index contributed by atoms with van der Waals surface area (Å²) in [7, 11) is 0. The summed E-state index contributed by atoms with van der Waals surface area (Å²) < 4.78 is 38.2. The summed E-state index contributed by atoms with van der Waals surface area (Å²) in [6, 6.07) is 16.1. The summed E-state index contributed by atoms with van der Waals surface area (Å²) in [5, 5.41) is 18.6. The number of alkyl halides is 2. The number of allylic oxidation sites excluding steroid dienone is 1. The van der Waals surface area contributed by atoms with Gasteiger partial charge in [0.2, 0.25) is 5.95 Å². The van der Waals surface area contributed by atoms with Crippen LogP contribution >= 0.6 is 15.9 Å². The molecule has 164 valence electrons. The molecule has 1 aliphatic heterocycles. The van der Waals surface area contributed by atoms with Crippen LogP contribution in [0.1, 0.15) is 11.4 Å². The molecule has 1 aliphatic rings. The SMILES string of the molecule is N#C/C(=C\c1cc(Br)ccc1OC(F)F)c1nnc(N2CCOCC2)n1-c1ccccc1. The zero-order valence-corrected chi connectivity index (χ0v) is 18.4. The fourth-order valence-electron chi connectivity index (χ4n) is 3.37. The Hall–Kier alpha value is -3.29. The molecular formula is C22H18BrF2N5O2. The van der Waals surface area contributed by atoms with Crippen LogP contribution in [-0.2, 0) is 4.74 Å². The van der Waals surface area contributed by atoms with Crippen LogP contribution in [0.2, 0.25) is 0 Å². The summed E-state index contributed by atoms with van der Waals surface area (Å²) in [4.78, 5) is 2.03. The van der Waals surface area contributed by atoms with Gasteiger partial charge in [0.1, 0.15) is 11.8 Å².